The molecule has 0 radical (unpaired) electrons. The van der Waals surface area contributed by atoms with E-state index in [1.54, 1.807) is 17.2 Å². The van der Waals surface area contributed by atoms with Gasteiger partial charge in [0, 0.05) is 31.7 Å². The summed E-state index contributed by atoms with van der Waals surface area (Å²) in [5, 5.41) is 3.04. The van der Waals surface area contributed by atoms with Crippen LogP contribution in [-0.4, -0.2) is 39.4 Å². The van der Waals surface area contributed by atoms with Gasteiger partial charge in [-0.15, -0.1) is 0 Å². The van der Waals surface area contributed by atoms with E-state index in [0.717, 1.165) is 17.7 Å². The Morgan fingerprint density at radius 1 is 1.22 bits per heavy atom. The third kappa shape index (κ3) is 2.92. The average Bonchev–Trinajstić information content (AvgIpc) is 3.48. The fourth-order valence-corrected chi connectivity index (χ4v) is 5.04. The quantitative estimate of drug-likeness (QED) is 0.670. The van der Waals surface area contributed by atoms with Gasteiger partial charge in [-0.2, -0.15) is 0 Å². The number of aryl methyl sites for hydroxylation is 1. The number of carbonyl (C=O) groups is 2. The summed E-state index contributed by atoms with van der Waals surface area (Å²) in [6, 6.07) is 14.5. The van der Waals surface area contributed by atoms with E-state index in [4.69, 9.17) is 4.74 Å². The number of amides is 2. The zero-order valence-corrected chi connectivity index (χ0v) is 18.2. The van der Waals surface area contributed by atoms with Crippen LogP contribution in [0.1, 0.15) is 47.6 Å². The number of rotatable bonds is 5. The Labute approximate surface area is 187 Å². The van der Waals surface area contributed by atoms with Crippen LogP contribution in [0.4, 0.5) is 5.69 Å². The lowest BCUT2D eigenvalue weighted by molar-refractivity contribution is -0.121. The molecule has 1 saturated heterocycles. The number of para-hydroxylation sites is 2. The number of fused-ring (bicyclic) bond motifs is 2. The summed E-state index contributed by atoms with van der Waals surface area (Å²) in [5.41, 5.74) is 1.34. The van der Waals surface area contributed by atoms with Crippen LogP contribution in [0.25, 0.3) is 0 Å². The maximum absolute atomic E-state index is 13.9. The Bertz CT molecular complexity index is 1190. The van der Waals surface area contributed by atoms with Crippen LogP contribution < -0.4 is 10.1 Å². The molecule has 0 bridgehead atoms. The van der Waals surface area contributed by atoms with E-state index in [-0.39, 0.29) is 11.8 Å². The maximum atomic E-state index is 13.9. The molecule has 32 heavy (non-hydrogen) atoms. The van der Waals surface area contributed by atoms with Gasteiger partial charge < -0.3 is 19.5 Å². The van der Waals surface area contributed by atoms with Crippen LogP contribution in [0, 0.1) is 0 Å². The summed E-state index contributed by atoms with van der Waals surface area (Å²) in [5.74, 6) is 1.01. The van der Waals surface area contributed by atoms with E-state index in [2.05, 4.69) is 10.3 Å². The highest BCUT2D eigenvalue weighted by atomic mass is 16.5. The fourth-order valence-electron chi connectivity index (χ4n) is 5.04. The van der Waals surface area contributed by atoms with Gasteiger partial charge in [-0.25, -0.2) is 4.98 Å². The summed E-state index contributed by atoms with van der Waals surface area (Å²) in [4.78, 5) is 33.7. The SMILES string of the molecule is CCCOc1ccccc1C(=O)N1CC[C@]2(C(=O)Nc3ccccc32)[C@@H]1c1nccn1C. The molecule has 1 aromatic heterocycles. The Morgan fingerprint density at radius 3 is 2.78 bits per heavy atom. The largest absolute Gasteiger partial charge is 0.493 e. The van der Waals surface area contributed by atoms with Gasteiger partial charge >= 0.3 is 0 Å². The monoisotopic (exact) mass is 430 g/mol. The second kappa shape index (κ2) is 7.82. The molecule has 1 spiro atoms. The number of nitrogens with one attached hydrogen (secondary N) is 1. The van der Waals surface area contributed by atoms with Crippen LogP contribution in [0.5, 0.6) is 5.75 Å². The predicted octanol–water partition coefficient (Wildman–Crippen LogP) is 3.69. The first-order valence-corrected chi connectivity index (χ1v) is 11.0. The van der Waals surface area contributed by atoms with Crippen LogP contribution in [-0.2, 0) is 17.3 Å². The van der Waals surface area contributed by atoms with Crippen molar-refractivity contribution in [1.82, 2.24) is 14.5 Å². The molecule has 3 aromatic rings. The summed E-state index contributed by atoms with van der Waals surface area (Å²) in [7, 11) is 1.90. The first-order valence-electron chi connectivity index (χ1n) is 11.0. The molecule has 2 amide bonds. The number of benzene rings is 2. The second-order valence-corrected chi connectivity index (χ2v) is 8.36. The predicted molar refractivity (Wildman–Crippen MR) is 121 cm³/mol. The number of carbonyl (C=O) groups excluding carboxylic acids is 2. The third-order valence-corrected chi connectivity index (χ3v) is 6.53. The molecular formula is C25H26N4O3. The van der Waals surface area contributed by atoms with Crippen molar-refractivity contribution in [2.75, 3.05) is 18.5 Å². The molecule has 7 heteroatoms. The van der Waals surface area contributed by atoms with Crippen molar-refractivity contribution in [3.05, 3.63) is 77.9 Å². The molecule has 7 nitrogen and oxygen atoms in total. The van der Waals surface area contributed by atoms with Gasteiger partial charge in [0.1, 0.15) is 23.0 Å². The van der Waals surface area contributed by atoms with Gasteiger partial charge in [-0.1, -0.05) is 37.3 Å². The number of hydrogen-bond acceptors (Lipinski definition) is 4. The van der Waals surface area contributed by atoms with Crippen molar-refractivity contribution >= 4 is 17.5 Å². The molecule has 164 valence electrons. The normalized spacial score (nSPS) is 21.6. The first kappa shape index (κ1) is 20.3. The Balaban J connectivity index is 1.63. The van der Waals surface area contributed by atoms with Gasteiger partial charge in [0.2, 0.25) is 5.91 Å². The van der Waals surface area contributed by atoms with E-state index in [1.807, 2.05) is 67.2 Å². The first-order chi connectivity index (χ1) is 15.6. The van der Waals surface area contributed by atoms with Crippen molar-refractivity contribution in [3.8, 4) is 5.75 Å². The van der Waals surface area contributed by atoms with E-state index in [9.17, 15) is 9.59 Å². The summed E-state index contributed by atoms with van der Waals surface area (Å²) >= 11 is 0. The number of nitrogens with zero attached hydrogens (tertiary/aromatic N) is 3. The van der Waals surface area contributed by atoms with E-state index in [0.29, 0.717) is 36.7 Å². The molecule has 2 aromatic carbocycles. The molecule has 1 fully saturated rings. The standard InChI is InChI=1S/C25H26N4O3/c1-3-16-32-20-11-7-4-8-17(20)23(30)29-14-12-25(21(29)22-26-13-15-28(22)2)18-9-5-6-10-19(18)27-24(25)31/h4-11,13,15,21H,3,12,14,16H2,1-2H3,(H,27,31)/t21-,25+/m0/s1. The Morgan fingerprint density at radius 2 is 2.00 bits per heavy atom. The molecule has 0 saturated carbocycles. The number of hydrogen-bond donors (Lipinski definition) is 1. The minimum Gasteiger partial charge on any atom is -0.493 e. The van der Waals surface area contributed by atoms with E-state index in [1.165, 1.54) is 0 Å². The Hall–Kier alpha value is -3.61. The van der Waals surface area contributed by atoms with Crippen molar-refractivity contribution in [3.63, 3.8) is 0 Å². The number of anilines is 1. The van der Waals surface area contributed by atoms with Crippen molar-refractivity contribution in [1.29, 1.82) is 0 Å². The lowest BCUT2D eigenvalue weighted by Crippen LogP contribution is -2.43. The summed E-state index contributed by atoms with van der Waals surface area (Å²) in [6.07, 6.45) is 4.93. The van der Waals surface area contributed by atoms with Crippen molar-refractivity contribution in [2.45, 2.75) is 31.2 Å². The van der Waals surface area contributed by atoms with Crippen LogP contribution in [0.15, 0.2) is 60.9 Å². The minimum absolute atomic E-state index is 0.0856. The molecule has 0 aliphatic carbocycles. The molecule has 3 heterocycles. The molecule has 1 N–H and O–H groups in total. The maximum Gasteiger partial charge on any atom is 0.258 e. The second-order valence-electron chi connectivity index (χ2n) is 8.36. The topological polar surface area (TPSA) is 76.5 Å². The zero-order chi connectivity index (χ0) is 22.3. The van der Waals surface area contributed by atoms with Gasteiger partial charge in [-0.3, -0.25) is 9.59 Å². The highest BCUT2D eigenvalue weighted by molar-refractivity contribution is 6.08. The average molecular weight is 431 g/mol. The van der Waals surface area contributed by atoms with Gasteiger partial charge in [-0.05, 0) is 36.6 Å². The van der Waals surface area contributed by atoms with Crippen LogP contribution >= 0.6 is 0 Å². The lowest BCUT2D eigenvalue weighted by Gasteiger charge is -2.33. The summed E-state index contributed by atoms with van der Waals surface area (Å²) < 4.78 is 7.76. The molecule has 0 unspecified atom stereocenters. The lowest BCUT2D eigenvalue weighted by atomic mass is 9.74. The highest BCUT2D eigenvalue weighted by Crippen LogP contribution is 2.54. The molecule has 2 atom stereocenters. The summed E-state index contributed by atoms with van der Waals surface area (Å²) in [6.45, 7) is 3.01. The van der Waals surface area contributed by atoms with Crippen LogP contribution in [0.3, 0.4) is 0 Å². The van der Waals surface area contributed by atoms with Gasteiger partial charge in [0.05, 0.1) is 12.2 Å². The van der Waals surface area contributed by atoms with Crippen LogP contribution in [0.2, 0.25) is 0 Å². The minimum atomic E-state index is -0.884. The van der Waals surface area contributed by atoms with Gasteiger partial charge in [0.15, 0.2) is 0 Å². The highest BCUT2D eigenvalue weighted by Gasteiger charge is 2.60. The van der Waals surface area contributed by atoms with Crippen molar-refractivity contribution < 1.29 is 14.3 Å². The molecule has 5 rings (SSSR count). The number of ether oxygens (including phenoxy) is 1. The number of aromatic nitrogens is 2. The van der Waals surface area contributed by atoms with E-state index < -0.39 is 11.5 Å². The number of imidazole rings is 1. The fraction of sp³-hybridized carbons (Fsp3) is 0.320. The Kier molecular flexibility index (Phi) is 4.96. The molecular weight excluding hydrogens is 404 g/mol. The van der Waals surface area contributed by atoms with Crippen molar-refractivity contribution in [2.24, 2.45) is 7.05 Å². The smallest absolute Gasteiger partial charge is 0.258 e. The third-order valence-electron chi connectivity index (χ3n) is 6.53. The number of likely N-dealkylation sites (tertiary alicyclic amines) is 1. The van der Waals surface area contributed by atoms with E-state index >= 15 is 0 Å². The van der Waals surface area contributed by atoms with Gasteiger partial charge in [0.25, 0.3) is 5.91 Å². The zero-order valence-electron chi connectivity index (χ0n) is 18.2. The molecule has 2 aliphatic rings. The molecule has 2 aliphatic heterocycles.